The first-order chi connectivity index (χ1) is 7.24. The lowest BCUT2D eigenvalue weighted by molar-refractivity contribution is 0.558. The molecule has 2 unspecified atom stereocenters. The van der Waals surface area contributed by atoms with Crippen LogP contribution < -0.4 is 0 Å². The molecule has 2 aromatic rings. The van der Waals surface area contributed by atoms with Gasteiger partial charge >= 0.3 is 0 Å². The van der Waals surface area contributed by atoms with E-state index in [4.69, 9.17) is 0 Å². The summed E-state index contributed by atoms with van der Waals surface area (Å²) in [6.07, 6.45) is 1.21. The van der Waals surface area contributed by atoms with Crippen molar-refractivity contribution in [2.75, 3.05) is 0 Å². The standard InChI is InChI=1S/C13H15BrS/c1-3-9(2)13(14)11-8-15-12-7-5-4-6-10(11)12/h4-9,13H,3H2,1-2H3. The van der Waals surface area contributed by atoms with Crippen molar-refractivity contribution in [2.24, 2.45) is 5.92 Å². The molecular formula is C13H15BrS. The molecule has 2 heteroatoms. The summed E-state index contributed by atoms with van der Waals surface area (Å²) in [5.74, 6) is 0.683. The van der Waals surface area contributed by atoms with Crippen LogP contribution in [0.1, 0.15) is 30.7 Å². The summed E-state index contributed by atoms with van der Waals surface area (Å²) in [7, 11) is 0. The Hall–Kier alpha value is -0.340. The summed E-state index contributed by atoms with van der Waals surface area (Å²) in [5, 5.41) is 3.70. The van der Waals surface area contributed by atoms with Crippen LogP contribution >= 0.6 is 27.3 Å². The van der Waals surface area contributed by atoms with E-state index in [1.165, 1.54) is 22.1 Å². The van der Waals surface area contributed by atoms with E-state index in [1.54, 1.807) is 0 Å². The van der Waals surface area contributed by atoms with Crippen molar-refractivity contribution in [3.8, 4) is 0 Å². The average molecular weight is 283 g/mol. The zero-order chi connectivity index (χ0) is 10.8. The first-order valence-corrected chi connectivity index (χ1v) is 7.13. The van der Waals surface area contributed by atoms with Gasteiger partial charge in [0.1, 0.15) is 0 Å². The summed E-state index contributed by atoms with van der Waals surface area (Å²) >= 11 is 5.66. The van der Waals surface area contributed by atoms with Gasteiger partial charge in [0, 0.05) is 9.53 Å². The molecule has 0 bridgehead atoms. The Bertz CT molecular complexity index is 446. The Kier molecular flexibility index (Phi) is 3.47. The first-order valence-electron chi connectivity index (χ1n) is 5.34. The minimum atomic E-state index is 0.485. The number of benzene rings is 1. The monoisotopic (exact) mass is 282 g/mol. The Morgan fingerprint density at radius 2 is 2.07 bits per heavy atom. The van der Waals surface area contributed by atoms with Crippen LogP contribution in [0.25, 0.3) is 10.1 Å². The van der Waals surface area contributed by atoms with Gasteiger partial charge in [-0.3, -0.25) is 0 Å². The molecule has 2 atom stereocenters. The van der Waals surface area contributed by atoms with Gasteiger partial charge in [-0.1, -0.05) is 54.4 Å². The van der Waals surface area contributed by atoms with Crippen LogP contribution in [0.2, 0.25) is 0 Å². The zero-order valence-electron chi connectivity index (χ0n) is 9.03. The third-order valence-electron chi connectivity index (χ3n) is 2.95. The van der Waals surface area contributed by atoms with Crippen LogP contribution in [0.3, 0.4) is 0 Å². The van der Waals surface area contributed by atoms with Crippen molar-refractivity contribution in [3.63, 3.8) is 0 Å². The van der Waals surface area contributed by atoms with Crippen LogP contribution in [0.4, 0.5) is 0 Å². The lowest BCUT2D eigenvalue weighted by Crippen LogP contribution is -2.00. The lowest BCUT2D eigenvalue weighted by Gasteiger charge is -2.15. The van der Waals surface area contributed by atoms with E-state index >= 15 is 0 Å². The number of hydrogen-bond donors (Lipinski definition) is 0. The maximum atomic E-state index is 3.82. The fraction of sp³-hybridized carbons (Fsp3) is 0.385. The predicted molar refractivity (Wildman–Crippen MR) is 72.9 cm³/mol. The Balaban J connectivity index is 2.43. The molecule has 0 amide bonds. The van der Waals surface area contributed by atoms with Gasteiger partial charge in [-0.2, -0.15) is 0 Å². The van der Waals surface area contributed by atoms with Crippen molar-refractivity contribution in [1.29, 1.82) is 0 Å². The highest BCUT2D eigenvalue weighted by Crippen LogP contribution is 2.39. The molecule has 2 rings (SSSR count). The van der Waals surface area contributed by atoms with E-state index in [-0.39, 0.29) is 0 Å². The number of rotatable bonds is 3. The Morgan fingerprint density at radius 1 is 1.33 bits per heavy atom. The van der Waals surface area contributed by atoms with Crippen molar-refractivity contribution in [2.45, 2.75) is 25.1 Å². The molecule has 1 aromatic carbocycles. The second kappa shape index (κ2) is 4.67. The van der Waals surface area contributed by atoms with E-state index in [0.29, 0.717) is 10.7 Å². The van der Waals surface area contributed by atoms with Crippen LogP contribution in [-0.4, -0.2) is 0 Å². The number of hydrogen-bond acceptors (Lipinski definition) is 1. The van der Waals surface area contributed by atoms with Crippen molar-refractivity contribution in [3.05, 3.63) is 35.2 Å². The smallest absolute Gasteiger partial charge is 0.0435 e. The molecule has 0 spiro atoms. The molecule has 15 heavy (non-hydrogen) atoms. The van der Waals surface area contributed by atoms with Crippen molar-refractivity contribution < 1.29 is 0 Å². The zero-order valence-corrected chi connectivity index (χ0v) is 11.4. The second-order valence-electron chi connectivity index (χ2n) is 3.97. The van der Waals surface area contributed by atoms with Gasteiger partial charge in [0.25, 0.3) is 0 Å². The third-order valence-corrected chi connectivity index (χ3v) is 5.33. The van der Waals surface area contributed by atoms with E-state index in [1.807, 2.05) is 11.3 Å². The quantitative estimate of drug-likeness (QED) is 0.663. The minimum absolute atomic E-state index is 0.485. The van der Waals surface area contributed by atoms with Gasteiger partial charge in [-0.25, -0.2) is 0 Å². The van der Waals surface area contributed by atoms with Crippen molar-refractivity contribution >= 4 is 37.4 Å². The summed E-state index contributed by atoms with van der Waals surface area (Å²) in [4.78, 5) is 0.485. The Morgan fingerprint density at radius 3 is 2.80 bits per heavy atom. The fourth-order valence-electron chi connectivity index (χ4n) is 1.73. The Labute approximate surface area is 103 Å². The molecule has 80 valence electrons. The van der Waals surface area contributed by atoms with Crippen LogP contribution in [0.5, 0.6) is 0 Å². The van der Waals surface area contributed by atoms with Gasteiger partial charge in [0.15, 0.2) is 0 Å². The molecule has 0 aliphatic heterocycles. The highest BCUT2D eigenvalue weighted by atomic mass is 79.9. The SMILES string of the molecule is CCC(C)C(Br)c1csc2ccccc12. The largest absolute Gasteiger partial charge is 0.143 e. The van der Waals surface area contributed by atoms with E-state index in [0.717, 1.165) is 0 Å². The molecule has 0 radical (unpaired) electrons. The maximum Gasteiger partial charge on any atom is 0.0435 e. The topological polar surface area (TPSA) is 0 Å². The summed E-state index contributed by atoms with van der Waals surface area (Å²) in [5.41, 5.74) is 1.45. The van der Waals surface area contributed by atoms with E-state index < -0.39 is 0 Å². The maximum absolute atomic E-state index is 3.82. The average Bonchev–Trinajstić information content (AvgIpc) is 2.70. The molecular weight excluding hydrogens is 268 g/mol. The highest BCUT2D eigenvalue weighted by Gasteiger charge is 2.17. The minimum Gasteiger partial charge on any atom is -0.143 e. The summed E-state index contributed by atoms with van der Waals surface area (Å²) in [6, 6.07) is 8.64. The molecule has 0 saturated carbocycles. The van der Waals surface area contributed by atoms with Crippen LogP contribution in [0, 0.1) is 5.92 Å². The van der Waals surface area contributed by atoms with E-state index in [9.17, 15) is 0 Å². The summed E-state index contributed by atoms with van der Waals surface area (Å²) in [6.45, 7) is 4.54. The molecule has 1 heterocycles. The number of fused-ring (bicyclic) bond motifs is 1. The van der Waals surface area contributed by atoms with Gasteiger partial charge in [-0.15, -0.1) is 11.3 Å². The van der Waals surface area contributed by atoms with Crippen LogP contribution in [-0.2, 0) is 0 Å². The van der Waals surface area contributed by atoms with Crippen molar-refractivity contribution in [1.82, 2.24) is 0 Å². The number of thiophene rings is 1. The molecule has 0 fully saturated rings. The number of alkyl halides is 1. The van der Waals surface area contributed by atoms with Gasteiger partial charge in [0.05, 0.1) is 0 Å². The molecule has 0 N–H and O–H groups in total. The van der Waals surface area contributed by atoms with Gasteiger partial charge in [-0.05, 0) is 28.3 Å². The van der Waals surface area contributed by atoms with Gasteiger partial charge in [0.2, 0.25) is 0 Å². The third kappa shape index (κ3) is 2.11. The predicted octanol–water partition coefficient (Wildman–Crippen LogP) is 5.38. The molecule has 0 aliphatic rings. The fourth-order valence-corrected chi connectivity index (χ4v) is 3.65. The summed E-state index contributed by atoms with van der Waals surface area (Å²) < 4.78 is 1.39. The van der Waals surface area contributed by atoms with Gasteiger partial charge < -0.3 is 0 Å². The molecule has 0 nitrogen and oxygen atoms in total. The molecule has 0 aliphatic carbocycles. The highest BCUT2D eigenvalue weighted by molar-refractivity contribution is 9.09. The number of halogens is 1. The molecule has 1 aromatic heterocycles. The normalized spacial score (nSPS) is 15.4. The molecule has 0 saturated heterocycles. The lowest BCUT2D eigenvalue weighted by atomic mass is 9.98. The first kappa shape index (κ1) is 11.2. The van der Waals surface area contributed by atoms with E-state index in [2.05, 4.69) is 59.4 Å². The van der Waals surface area contributed by atoms with Crippen LogP contribution in [0.15, 0.2) is 29.6 Å². The second-order valence-corrected chi connectivity index (χ2v) is 5.87.